The van der Waals surface area contributed by atoms with Crippen LogP contribution in [0.4, 0.5) is 5.69 Å². The first-order valence-corrected chi connectivity index (χ1v) is 9.21. The van der Waals surface area contributed by atoms with Crippen molar-refractivity contribution in [3.63, 3.8) is 0 Å². The Kier molecular flexibility index (Phi) is 4.30. The molecule has 0 aliphatic heterocycles. The number of amides is 1. The van der Waals surface area contributed by atoms with Gasteiger partial charge in [-0.15, -0.1) is 11.3 Å². The number of hydrogen-bond acceptors (Lipinski definition) is 4. The molecule has 0 radical (unpaired) electrons. The van der Waals surface area contributed by atoms with Crippen molar-refractivity contribution in [3.05, 3.63) is 54.2 Å². The quantitative estimate of drug-likeness (QED) is 0.689. The van der Waals surface area contributed by atoms with Gasteiger partial charge in [-0.25, -0.2) is 4.98 Å². The number of imidazole rings is 1. The summed E-state index contributed by atoms with van der Waals surface area (Å²) in [4.78, 5) is 29.3. The second-order valence-electron chi connectivity index (χ2n) is 6.28. The molecule has 3 aromatic rings. The predicted molar refractivity (Wildman–Crippen MR) is 100 cm³/mol. The molecule has 0 spiro atoms. The zero-order valence-corrected chi connectivity index (χ0v) is 14.6. The van der Waals surface area contributed by atoms with E-state index in [9.17, 15) is 14.7 Å². The van der Waals surface area contributed by atoms with E-state index >= 15 is 0 Å². The van der Waals surface area contributed by atoms with Crippen LogP contribution in [-0.4, -0.2) is 26.4 Å². The van der Waals surface area contributed by atoms with Crippen LogP contribution < -0.4 is 5.32 Å². The second-order valence-corrected chi connectivity index (χ2v) is 7.15. The van der Waals surface area contributed by atoms with Crippen LogP contribution in [-0.2, 0) is 9.59 Å². The predicted octanol–water partition coefficient (Wildman–Crippen LogP) is 3.67. The maximum atomic E-state index is 12.5. The molecule has 1 aliphatic rings. The SMILES string of the molecule is O=C(O)C1CC=CCC1C(=O)Nc1ccc(-c2cn3ccsc3n2)cc1. The number of aliphatic carboxylic acids is 1. The number of carboxylic acid groups (broad SMARTS) is 1. The normalized spacial score (nSPS) is 19.5. The van der Waals surface area contributed by atoms with Gasteiger partial charge in [0.05, 0.1) is 17.5 Å². The number of aromatic nitrogens is 2. The highest BCUT2D eigenvalue weighted by Crippen LogP contribution is 2.28. The summed E-state index contributed by atoms with van der Waals surface area (Å²) in [5.41, 5.74) is 2.49. The Morgan fingerprint density at radius 2 is 1.88 bits per heavy atom. The van der Waals surface area contributed by atoms with Crippen molar-refractivity contribution in [3.8, 4) is 11.3 Å². The van der Waals surface area contributed by atoms with Crippen LogP contribution in [0.3, 0.4) is 0 Å². The lowest BCUT2D eigenvalue weighted by Gasteiger charge is -2.24. The number of carbonyl (C=O) groups is 2. The summed E-state index contributed by atoms with van der Waals surface area (Å²) in [5.74, 6) is -2.39. The summed E-state index contributed by atoms with van der Waals surface area (Å²) in [5, 5.41) is 14.1. The van der Waals surface area contributed by atoms with Gasteiger partial charge in [-0.2, -0.15) is 0 Å². The number of benzene rings is 1. The number of nitrogens with zero attached hydrogens (tertiary/aromatic N) is 2. The highest BCUT2D eigenvalue weighted by molar-refractivity contribution is 7.15. The molecular weight excluding hydrogens is 350 g/mol. The Morgan fingerprint density at radius 1 is 1.15 bits per heavy atom. The summed E-state index contributed by atoms with van der Waals surface area (Å²) < 4.78 is 1.97. The molecule has 1 aliphatic carbocycles. The Labute approximate surface area is 153 Å². The van der Waals surface area contributed by atoms with Crippen LogP contribution in [0.25, 0.3) is 16.2 Å². The van der Waals surface area contributed by atoms with E-state index in [1.807, 2.05) is 58.6 Å². The Hall–Kier alpha value is -2.93. The van der Waals surface area contributed by atoms with Crippen molar-refractivity contribution in [2.75, 3.05) is 5.32 Å². The maximum absolute atomic E-state index is 12.5. The zero-order chi connectivity index (χ0) is 18.1. The minimum absolute atomic E-state index is 0.253. The number of fused-ring (bicyclic) bond motifs is 1. The van der Waals surface area contributed by atoms with Gasteiger partial charge >= 0.3 is 5.97 Å². The van der Waals surface area contributed by atoms with E-state index in [-0.39, 0.29) is 5.91 Å². The van der Waals surface area contributed by atoms with E-state index in [2.05, 4.69) is 10.3 Å². The van der Waals surface area contributed by atoms with E-state index < -0.39 is 17.8 Å². The van der Waals surface area contributed by atoms with E-state index in [0.29, 0.717) is 18.5 Å². The Balaban J connectivity index is 1.48. The first-order chi connectivity index (χ1) is 12.6. The fraction of sp³-hybridized carbons (Fsp3) is 0.211. The van der Waals surface area contributed by atoms with Gasteiger partial charge in [-0.1, -0.05) is 24.3 Å². The van der Waals surface area contributed by atoms with Crippen molar-refractivity contribution >= 4 is 33.9 Å². The maximum Gasteiger partial charge on any atom is 0.307 e. The lowest BCUT2D eigenvalue weighted by molar-refractivity contribution is -0.146. The van der Waals surface area contributed by atoms with Crippen LogP contribution in [0.1, 0.15) is 12.8 Å². The zero-order valence-electron chi connectivity index (χ0n) is 13.8. The number of anilines is 1. The largest absolute Gasteiger partial charge is 0.481 e. The molecule has 6 nitrogen and oxygen atoms in total. The number of carboxylic acids is 1. The first-order valence-electron chi connectivity index (χ1n) is 8.33. The molecule has 7 heteroatoms. The minimum Gasteiger partial charge on any atom is -0.481 e. The van der Waals surface area contributed by atoms with E-state index in [1.54, 1.807) is 11.3 Å². The van der Waals surface area contributed by atoms with Gasteiger partial charge in [-0.3, -0.25) is 14.0 Å². The fourth-order valence-electron chi connectivity index (χ4n) is 3.20. The summed E-state index contributed by atoms with van der Waals surface area (Å²) in [6, 6.07) is 7.43. The number of allylic oxidation sites excluding steroid dienone is 2. The summed E-state index contributed by atoms with van der Waals surface area (Å²) in [6.07, 6.45) is 8.47. The molecule has 2 atom stereocenters. The van der Waals surface area contributed by atoms with Crippen LogP contribution >= 0.6 is 11.3 Å². The van der Waals surface area contributed by atoms with Crippen molar-refractivity contribution in [1.29, 1.82) is 0 Å². The molecule has 4 rings (SSSR count). The van der Waals surface area contributed by atoms with Gasteiger partial charge in [0, 0.05) is 29.0 Å². The number of carbonyl (C=O) groups excluding carboxylic acids is 1. The highest BCUT2D eigenvalue weighted by atomic mass is 32.1. The summed E-state index contributed by atoms with van der Waals surface area (Å²) in [6.45, 7) is 0. The standard InChI is InChI=1S/C19H17N3O3S/c23-17(14-3-1-2-4-15(14)18(24)25)20-13-7-5-12(6-8-13)16-11-22-9-10-26-19(22)21-16/h1-2,5-11,14-15H,3-4H2,(H,20,23)(H,24,25). The van der Waals surface area contributed by atoms with E-state index in [4.69, 9.17) is 0 Å². The molecule has 26 heavy (non-hydrogen) atoms. The van der Waals surface area contributed by atoms with E-state index in [0.717, 1.165) is 16.2 Å². The number of rotatable bonds is 4. The second kappa shape index (κ2) is 6.76. The van der Waals surface area contributed by atoms with Gasteiger partial charge in [0.15, 0.2) is 4.96 Å². The van der Waals surface area contributed by atoms with Gasteiger partial charge in [0.2, 0.25) is 5.91 Å². The smallest absolute Gasteiger partial charge is 0.307 e. The topological polar surface area (TPSA) is 83.7 Å². The first kappa shape index (κ1) is 16.5. The molecule has 0 bridgehead atoms. The number of nitrogens with one attached hydrogen (secondary N) is 1. The molecule has 2 aromatic heterocycles. The lowest BCUT2D eigenvalue weighted by Crippen LogP contribution is -2.34. The Morgan fingerprint density at radius 3 is 2.58 bits per heavy atom. The molecule has 0 fully saturated rings. The van der Waals surface area contributed by atoms with Crippen LogP contribution in [0, 0.1) is 11.8 Å². The molecule has 2 heterocycles. The van der Waals surface area contributed by atoms with Crippen molar-refractivity contribution in [2.24, 2.45) is 11.8 Å². The molecule has 1 amide bonds. The van der Waals surface area contributed by atoms with Crippen LogP contribution in [0.2, 0.25) is 0 Å². The molecule has 132 valence electrons. The van der Waals surface area contributed by atoms with Crippen LogP contribution in [0.5, 0.6) is 0 Å². The minimum atomic E-state index is -0.926. The van der Waals surface area contributed by atoms with Gasteiger partial charge in [0.1, 0.15) is 0 Å². The molecular formula is C19H17N3O3S. The fourth-order valence-corrected chi connectivity index (χ4v) is 3.90. The van der Waals surface area contributed by atoms with E-state index in [1.165, 1.54) is 0 Å². The molecule has 0 saturated carbocycles. The molecule has 2 N–H and O–H groups in total. The Bertz CT molecular complexity index is 959. The number of thiazole rings is 1. The lowest BCUT2D eigenvalue weighted by atomic mass is 9.82. The average Bonchev–Trinajstić information content (AvgIpc) is 3.24. The number of hydrogen-bond donors (Lipinski definition) is 2. The van der Waals surface area contributed by atoms with Gasteiger partial charge in [-0.05, 0) is 25.0 Å². The van der Waals surface area contributed by atoms with Crippen molar-refractivity contribution in [2.45, 2.75) is 12.8 Å². The highest BCUT2D eigenvalue weighted by Gasteiger charge is 2.33. The average molecular weight is 367 g/mol. The molecule has 1 aromatic carbocycles. The molecule has 0 saturated heterocycles. The van der Waals surface area contributed by atoms with Gasteiger partial charge < -0.3 is 10.4 Å². The molecule has 2 unspecified atom stereocenters. The van der Waals surface area contributed by atoms with Crippen molar-refractivity contribution in [1.82, 2.24) is 9.38 Å². The third-order valence-electron chi connectivity index (χ3n) is 4.63. The van der Waals surface area contributed by atoms with Gasteiger partial charge in [0.25, 0.3) is 0 Å². The van der Waals surface area contributed by atoms with Crippen LogP contribution in [0.15, 0.2) is 54.2 Å². The summed E-state index contributed by atoms with van der Waals surface area (Å²) in [7, 11) is 0. The third-order valence-corrected chi connectivity index (χ3v) is 5.40. The summed E-state index contributed by atoms with van der Waals surface area (Å²) >= 11 is 1.57. The monoisotopic (exact) mass is 367 g/mol. The third kappa shape index (κ3) is 3.13. The van der Waals surface area contributed by atoms with Crippen molar-refractivity contribution < 1.29 is 14.7 Å².